The number of aryl methyl sites for hydroxylation is 2. The van der Waals surface area contributed by atoms with Crippen molar-refractivity contribution < 1.29 is 4.79 Å². The number of rotatable bonds is 4. The van der Waals surface area contributed by atoms with E-state index in [9.17, 15) is 4.79 Å². The van der Waals surface area contributed by atoms with Crippen LogP contribution in [0.25, 0.3) is 0 Å². The van der Waals surface area contributed by atoms with Gasteiger partial charge in [0.1, 0.15) is 5.82 Å². The summed E-state index contributed by atoms with van der Waals surface area (Å²) in [5, 5.41) is 6.22. The zero-order valence-corrected chi connectivity index (χ0v) is 14.1. The van der Waals surface area contributed by atoms with E-state index in [1.54, 1.807) is 6.20 Å². The van der Waals surface area contributed by atoms with Crippen molar-refractivity contribution in [3.63, 3.8) is 0 Å². The third-order valence-corrected chi connectivity index (χ3v) is 5.16. The summed E-state index contributed by atoms with van der Waals surface area (Å²) in [5.74, 6) is 1.43. The predicted molar refractivity (Wildman–Crippen MR) is 93.9 cm³/mol. The predicted octanol–water partition coefficient (Wildman–Crippen LogP) is 3.57. The van der Waals surface area contributed by atoms with Crippen LogP contribution in [-0.4, -0.2) is 15.6 Å². The minimum absolute atomic E-state index is 0.00969. The quantitative estimate of drug-likeness (QED) is 0.903. The third-order valence-electron chi connectivity index (χ3n) is 5.16. The number of hydrogen-bond acceptors (Lipinski definition) is 2. The first-order chi connectivity index (χ1) is 11.7. The third kappa shape index (κ3) is 3.03. The Labute approximate surface area is 142 Å². The largest absolute Gasteiger partial charge is 0.336 e. The molecule has 2 aromatic rings. The van der Waals surface area contributed by atoms with Crippen LogP contribution in [0.3, 0.4) is 0 Å². The molecule has 0 aliphatic heterocycles. The summed E-state index contributed by atoms with van der Waals surface area (Å²) in [6.45, 7) is 0. The van der Waals surface area contributed by atoms with E-state index in [0.29, 0.717) is 5.92 Å². The first-order valence-corrected chi connectivity index (χ1v) is 8.88. The molecule has 1 aromatic carbocycles. The van der Waals surface area contributed by atoms with E-state index >= 15 is 0 Å². The van der Waals surface area contributed by atoms with Crippen LogP contribution >= 0.6 is 0 Å². The van der Waals surface area contributed by atoms with Crippen molar-refractivity contribution in [3.8, 4) is 0 Å². The maximum atomic E-state index is 12.6. The first kappa shape index (κ1) is 15.2. The lowest BCUT2D eigenvalue weighted by molar-refractivity contribution is 0.246. The Morgan fingerprint density at radius 1 is 1.29 bits per heavy atom. The number of hydrogen-bond donors (Lipinski definition) is 2. The molecule has 0 bridgehead atoms. The number of fused-ring (bicyclic) bond motifs is 1. The standard InChI is InChI=1S/C19H24N4O/c1-23-12-11-20-18(23)17(14-9-10-14)22-19(24)21-16-8-4-6-13-5-2-3-7-15(13)16/h4,6,8,11-12,14,17H,2-3,5,7,9-10H2,1H3,(H2,21,22,24)/t17-/m1/s1. The van der Waals surface area contributed by atoms with Crippen molar-refractivity contribution in [2.24, 2.45) is 13.0 Å². The number of carbonyl (C=O) groups is 1. The summed E-state index contributed by atoms with van der Waals surface area (Å²) in [6, 6.07) is 6.09. The highest BCUT2D eigenvalue weighted by atomic mass is 16.2. The lowest BCUT2D eigenvalue weighted by Crippen LogP contribution is -2.35. The highest BCUT2D eigenvalue weighted by molar-refractivity contribution is 5.90. The van der Waals surface area contributed by atoms with Crippen LogP contribution in [0.5, 0.6) is 0 Å². The number of imidazole rings is 1. The van der Waals surface area contributed by atoms with Gasteiger partial charge in [0.15, 0.2) is 0 Å². The van der Waals surface area contributed by atoms with Gasteiger partial charge in [-0.05, 0) is 61.6 Å². The summed E-state index contributed by atoms with van der Waals surface area (Å²) < 4.78 is 1.99. The molecule has 2 amide bonds. The average molecular weight is 324 g/mol. The number of amides is 2. The van der Waals surface area contributed by atoms with Gasteiger partial charge in [-0.3, -0.25) is 0 Å². The molecule has 5 heteroatoms. The van der Waals surface area contributed by atoms with Crippen LogP contribution < -0.4 is 10.6 Å². The Morgan fingerprint density at radius 3 is 2.88 bits per heavy atom. The molecule has 0 saturated heterocycles. The zero-order chi connectivity index (χ0) is 16.5. The van der Waals surface area contributed by atoms with E-state index < -0.39 is 0 Å². The van der Waals surface area contributed by atoms with Gasteiger partial charge in [0, 0.05) is 25.1 Å². The molecule has 2 aliphatic rings. The summed E-state index contributed by atoms with van der Waals surface area (Å²) >= 11 is 0. The van der Waals surface area contributed by atoms with Crippen LogP contribution in [-0.2, 0) is 19.9 Å². The Bertz CT molecular complexity index is 748. The number of benzene rings is 1. The fraction of sp³-hybridized carbons (Fsp3) is 0.474. The van der Waals surface area contributed by atoms with Crippen LogP contribution in [0.2, 0.25) is 0 Å². The SMILES string of the molecule is Cn1ccnc1[C@H](NC(=O)Nc1cccc2c1CCCC2)C1CC1. The van der Waals surface area contributed by atoms with Crippen LogP contribution in [0, 0.1) is 5.92 Å². The maximum Gasteiger partial charge on any atom is 0.319 e. The number of aromatic nitrogens is 2. The smallest absolute Gasteiger partial charge is 0.319 e. The van der Waals surface area contributed by atoms with Gasteiger partial charge >= 0.3 is 6.03 Å². The highest BCUT2D eigenvalue weighted by Gasteiger charge is 2.35. The van der Waals surface area contributed by atoms with Crippen molar-refractivity contribution in [1.29, 1.82) is 0 Å². The number of nitrogens with one attached hydrogen (secondary N) is 2. The van der Waals surface area contributed by atoms with E-state index in [2.05, 4.69) is 21.7 Å². The summed E-state index contributed by atoms with van der Waals surface area (Å²) in [6.07, 6.45) is 10.6. The number of urea groups is 1. The van der Waals surface area contributed by atoms with Gasteiger partial charge in [0.05, 0.1) is 6.04 Å². The molecule has 1 fully saturated rings. The van der Waals surface area contributed by atoms with E-state index in [-0.39, 0.29) is 12.1 Å². The molecular formula is C19H24N4O. The molecule has 0 radical (unpaired) electrons. The molecule has 1 saturated carbocycles. The fourth-order valence-corrected chi connectivity index (χ4v) is 3.70. The summed E-state index contributed by atoms with van der Waals surface area (Å²) in [7, 11) is 1.98. The molecule has 24 heavy (non-hydrogen) atoms. The van der Waals surface area contributed by atoms with Crippen LogP contribution in [0.1, 0.15) is 48.7 Å². The van der Waals surface area contributed by atoms with Gasteiger partial charge in [-0.1, -0.05) is 12.1 Å². The monoisotopic (exact) mass is 324 g/mol. The van der Waals surface area contributed by atoms with Gasteiger partial charge in [-0.15, -0.1) is 0 Å². The second kappa shape index (κ2) is 6.30. The minimum Gasteiger partial charge on any atom is -0.336 e. The van der Waals surface area contributed by atoms with Crippen molar-refractivity contribution in [2.75, 3.05) is 5.32 Å². The lowest BCUT2D eigenvalue weighted by atomic mass is 9.90. The van der Waals surface area contributed by atoms with Gasteiger partial charge in [-0.25, -0.2) is 9.78 Å². The number of nitrogens with zero attached hydrogens (tertiary/aromatic N) is 2. The molecule has 1 atom stereocenters. The molecule has 0 unspecified atom stereocenters. The zero-order valence-electron chi connectivity index (χ0n) is 14.1. The van der Waals surface area contributed by atoms with E-state index in [0.717, 1.165) is 37.2 Å². The van der Waals surface area contributed by atoms with Crippen molar-refractivity contribution >= 4 is 11.7 Å². The average Bonchev–Trinajstić information content (AvgIpc) is 3.35. The van der Waals surface area contributed by atoms with Crippen molar-refractivity contribution in [1.82, 2.24) is 14.9 Å². The second-order valence-corrected chi connectivity index (χ2v) is 6.96. The van der Waals surface area contributed by atoms with Crippen LogP contribution in [0.4, 0.5) is 10.5 Å². The van der Waals surface area contributed by atoms with Gasteiger partial charge in [0.25, 0.3) is 0 Å². The fourth-order valence-electron chi connectivity index (χ4n) is 3.70. The number of anilines is 1. The molecule has 2 aliphatic carbocycles. The topological polar surface area (TPSA) is 59.0 Å². The molecule has 0 spiro atoms. The Balaban J connectivity index is 1.49. The van der Waals surface area contributed by atoms with E-state index in [4.69, 9.17) is 0 Å². The first-order valence-electron chi connectivity index (χ1n) is 8.88. The molecule has 5 nitrogen and oxygen atoms in total. The van der Waals surface area contributed by atoms with Crippen molar-refractivity contribution in [3.05, 3.63) is 47.5 Å². The molecule has 1 aromatic heterocycles. The van der Waals surface area contributed by atoms with Gasteiger partial charge < -0.3 is 15.2 Å². The Morgan fingerprint density at radius 2 is 2.12 bits per heavy atom. The summed E-state index contributed by atoms with van der Waals surface area (Å²) in [4.78, 5) is 17.0. The Kier molecular flexibility index (Phi) is 4.00. The minimum atomic E-state index is -0.131. The van der Waals surface area contributed by atoms with Crippen molar-refractivity contribution in [2.45, 2.75) is 44.6 Å². The van der Waals surface area contributed by atoms with Gasteiger partial charge in [-0.2, -0.15) is 0 Å². The van der Waals surface area contributed by atoms with Gasteiger partial charge in [0.2, 0.25) is 0 Å². The molecule has 126 valence electrons. The van der Waals surface area contributed by atoms with E-state index in [1.807, 2.05) is 29.9 Å². The second-order valence-electron chi connectivity index (χ2n) is 6.96. The molecular weight excluding hydrogens is 300 g/mol. The maximum absolute atomic E-state index is 12.6. The highest BCUT2D eigenvalue weighted by Crippen LogP contribution is 2.40. The Hall–Kier alpha value is -2.30. The van der Waals surface area contributed by atoms with E-state index in [1.165, 1.54) is 24.0 Å². The molecule has 1 heterocycles. The van der Waals surface area contributed by atoms with Crippen LogP contribution in [0.15, 0.2) is 30.6 Å². The normalized spacial score (nSPS) is 17.9. The summed E-state index contributed by atoms with van der Waals surface area (Å²) in [5.41, 5.74) is 3.64. The lowest BCUT2D eigenvalue weighted by Gasteiger charge is -2.22. The number of carbonyl (C=O) groups excluding carboxylic acids is 1. The molecule has 4 rings (SSSR count). The molecule has 2 N–H and O–H groups in total.